The lowest BCUT2D eigenvalue weighted by atomic mass is 10.3. The molecule has 5 nitrogen and oxygen atoms in total. The van der Waals surface area contributed by atoms with Crippen LogP contribution in [0.25, 0.3) is 10.2 Å². The summed E-state index contributed by atoms with van der Waals surface area (Å²) in [6, 6.07) is 8.48. The van der Waals surface area contributed by atoms with Crippen molar-refractivity contribution in [1.82, 2.24) is 10.3 Å². The first-order valence-corrected chi connectivity index (χ1v) is 10.7. The zero-order chi connectivity index (χ0) is 20.1. The molecule has 0 aliphatic rings. The van der Waals surface area contributed by atoms with Crippen molar-refractivity contribution < 1.29 is 22.8 Å². The molecule has 0 spiro atoms. The monoisotopic (exact) mass is 445 g/mol. The van der Waals surface area contributed by atoms with Crippen molar-refractivity contribution >= 4 is 62.2 Å². The first kappa shape index (κ1) is 20.6. The average Bonchev–Trinajstić information content (AvgIpc) is 3.27. The van der Waals surface area contributed by atoms with Gasteiger partial charge in [0.15, 0.2) is 4.34 Å². The van der Waals surface area contributed by atoms with E-state index in [0.29, 0.717) is 20.4 Å². The second kappa shape index (κ2) is 8.93. The second-order valence-corrected chi connectivity index (χ2v) is 8.90. The fourth-order valence-corrected chi connectivity index (χ4v) is 4.96. The van der Waals surface area contributed by atoms with Gasteiger partial charge in [-0.1, -0.05) is 17.8 Å². The van der Waals surface area contributed by atoms with E-state index in [-0.39, 0.29) is 24.1 Å². The summed E-state index contributed by atoms with van der Waals surface area (Å²) in [5, 5.41) is 6.99. The number of thioether (sulfide) groups is 1. The molecule has 0 radical (unpaired) electrons. The summed E-state index contributed by atoms with van der Waals surface area (Å²) < 4.78 is 38.0. The van der Waals surface area contributed by atoms with Gasteiger partial charge in [-0.25, -0.2) is 4.98 Å². The van der Waals surface area contributed by atoms with Crippen molar-refractivity contribution in [1.29, 1.82) is 0 Å². The van der Waals surface area contributed by atoms with E-state index < -0.39 is 12.6 Å². The number of hydrogen-bond donors (Lipinski definition) is 2. The highest BCUT2D eigenvalue weighted by Crippen LogP contribution is 2.33. The number of hydrogen-bond acceptors (Lipinski definition) is 6. The van der Waals surface area contributed by atoms with Gasteiger partial charge >= 0.3 is 6.18 Å². The Bertz CT molecular complexity index is 971. The number of halogens is 3. The smallest absolute Gasteiger partial charge is 0.342 e. The van der Waals surface area contributed by atoms with Gasteiger partial charge < -0.3 is 10.6 Å². The number of fused-ring (bicyclic) bond motifs is 1. The highest BCUT2D eigenvalue weighted by atomic mass is 32.2. The molecule has 0 aliphatic carbocycles. The Kier molecular flexibility index (Phi) is 6.57. The minimum absolute atomic E-state index is 0.0865. The third kappa shape index (κ3) is 5.94. The Morgan fingerprint density at radius 2 is 2.04 bits per heavy atom. The molecule has 11 heteroatoms. The summed E-state index contributed by atoms with van der Waals surface area (Å²) in [5.74, 6) is -0.784. The molecule has 3 rings (SSSR count). The van der Waals surface area contributed by atoms with Crippen LogP contribution >= 0.6 is 34.4 Å². The number of aromatic nitrogens is 1. The zero-order valence-electron chi connectivity index (χ0n) is 14.2. The summed E-state index contributed by atoms with van der Waals surface area (Å²) in [5.41, 5.74) is 1.18. The van der Waals surface area contributed by atoms with Crippen LogP contribution in [-0.2, 0) is 4.79 Å². The summed E-state index contributed by atoms with van der Waals surface area (Å²) in [7, 11) is 0. The first-order chi connectivity index (χ1) is 13.3. The highest BCUT2D eigenvalue weighted by Gasteiger charge is 2.26. The predicted octanol–water partition coefficient (Wildman–Crippen LogP) is 4.77. The molecule has 0 saturated carbocycles. The van der Waals surface area contributed by atoms with Crippen molar-refractivity contribution in [2.75, 3.05) is 17.6 Å². The van der Waals surface area contributed by atoms with Gasteiger partial charge in [0, 0.05) is 11.4 Å². The van der Waals surface area contributed by atoms with E-state index >= 15 is 0 Å². The Hall–Kier alpha value is -2.11. The maximum atomic E-state index is 12.2. The van der Waals surface area contributed by atoms with Crippen LogP contribution in [0.5, 0.6) is 0 Å². The maximum absolute atomic E-state index is 12.2. The lowest BCUT2D eigenvalue weighted by molar-refractivity contribution is -0.129. The molecule has 0 bridgehead atoms. The van der Waals surface area contributed by atoms with Gasteiger partial charge in [0.2, 0.25) is 5.91 Å². The SMILES string of the molecule is O=C(CNC(=O)c1cccs1)Nc1ccc2nc(SCCC(F)(F)F)sc2c1. The lowest BCUT2D eigenvalue weighted by Crippen LogP contribution is -2.32. The van der Waals surface area contributed by atoms with Crippen molar-refractivity contribution in [2.45, 2.75) is 16.9 Å². The summed E-state index contributed by atoms with van der Waals surface area (Å²) in [6.07, 6.45) is -5.05. The normalized spacial score (nSPS) is 11.5. The zero-order valence-corrected chi connectivity index (χ0v) is 16.7. The highest BCUT2D eigenvalue weighted by molar-refractivity contribution is 8.01. The van der Waals surface area contributed by atoms with Crippen LogP contribution < -0.4 is 10.6 Å². The average molecular weight is 446 g/mol. The van der Waals surface area contributed by atoms with E-state index in [1.54, 1.807) is 35.7 Å². The number of alkyl halides is 3. The molecule has 0 unspecified atom stereocenters. The van der Waals surface area contributed by atoms with Crippen LogP contribution in [0.1, 0.15) is 16.1 Å². The van der Waals surface area contributed by atoms with Crippen molar-refractivity contribution in [3.05, 3.63) is 40.6 Å². The summed E-state index contributed by atoms with van der Waals surface area (Å²) in [6.45, 7) is -0.171. The number of thiophene rings is 1. The molecule has 148 valence electrons. The van der Waals surface area contributed by atoms with Gasteiger partial charge in [0.05, 0.1) is 28.1 Å². The van der Waals surface area contributed by atoms with Gasteiger partial charge in [-0.3, -0.25) is 9.59 Å². The first-order valence-electron chi connectivity index (χ1n) is 8.02. The molecule has 2 amide bonds. The molecule has 2 heterocycles. The molecular formula is C17H14F3N3O2S3. The van der Waals surface area contributed by atoms with Crippen molar-refractivity contribution in [3.8, 4) is 0 Å². The van der Waals surface area contributed by atoms with E-state index in [4.69, 9.17) is 0 Å². The predicted molar refractivity (Wildman–Crippen MR) is 106 cm³/mol. The molecule has 3 aromatic rings. The van der Waals surface area contributed by atoms with Crippen LogP contribution in [0.4, 0.5) is 18.9 Å². The molecule has 0 atom stereocenters. The maximum Gasteiger partial charge on any atom is 0.389 e. The van der Waals surface area contributed by atoms with Gasteiger partial charge in [-0.05, 0) is 29.6 Å². The van der Waals surface area contributed by atoms with E-state index in [0.717, 1.165) is 16.5 Å². The van der Waals surface area contributed by atoms with E-state index in [1.807, 2.05) is 0 Å². The number of thiazole rings is 1. The number of carbonyl (C=O) groups excluding carboxylic acids is 2. The van der Waals surface area contributed by atoms with E-state index in [1.165, 1.54) is 22.7 Å². The van der Waals surface area contributed by atoms with E-state index in [9.17, 15) is 22.8 Å². The Morgan fingerprint density at radius 3 is 2.75 bits per heavy atom. The third-order valence-electron chi connectivity index (χ3n) is 3.42. The third-order valence-corrected chi connectivity index (χ3v) is 6.45. The van der Waals surface area contributed by atoms with Crippen LogP contribution in [0.2, 0.25) is 0 Å². The van der Waals surface area contributed by atoms with Crippen molar-refractivity contribution in [3.63, 3.8) is 0 Å². The van der Waals surface area contributed by atoms with Gasteiger partial charge in [-0.2, -0.15) is 13.2 Å². The number of benzene rings is 1. The summed E-state index contributed by atoms with van der Waals surface area (Å²) in [4.78, 5) is 28.7. The molecular weight excluding hydrogens is 431 g/mol. The van der Waals surface area contributed by atoms with Crippen LogP contribution in [0.3, 0.4) is 0 Å². The molecule has 2 N–H and O–H groups in total. The second-order valence-electron chi connectivity index (χ2n) is 5.58. The molecule has 2 aromatic heterocycles. The number of nitrogens with one attached hydrogen (secondary N) is 2. The fourth-order valence-electron chi connectivity index (χ4n) is 2.16. The largest absolute Gasteiger partial charge is 0.389 e. The Morgan fingerprint density at radius 1 is 1.21 bits per heavy atom. The van der Waals surface area contributed by atoms with Crippen LogP contribution in [0, 0.1) is 0 Å². The van der Waals surface area contributed by atoms with Crippen LogP contribution in [0.15, 0.2) is 40.1 Å². The van der Waals surface area contributed by atoms with Gasteiger partial charge in [-0.15, -0.1) is 22.7 Å². The quantitative estimate of drug-likeness (QED) is 0.514. The number of rotatable bonds is 7. The standard InChI is InChI=1S/C17H14F3N3O2S3/c18-17(19,20)5-7-27-16-23-11-4-3-10(8-13(11)28-16)22-14(24)9-21-15(25)12-2-1-6-26-12/h1-4,6,8H,5,7,9H2,(H,21,25)(H,22,24). The summed E-state index contributed by atoms with van der Waals surface area (Å²) >= 11 is 3.61. The van der Waals surface area contributed by atoms with Gasteiger partial charge in [0.1, 0.15) is 0 Å². The fraction of sp³-hybridized carbons (Fsp3) is 0.235. The van der Waals surface area contributed by atoms with Crippen molar-refractivity contribution in [2.24, 2.45) is 0 Å². The lowest BCUT2D eigenvalue weighted by Gasteiger charge is -2.06. The molecule has 0 aliphatic heterocycles. The van der Waals surface area contributed by atoms with E-state index in [2.05, 4.69) is 15.6 Å². The number of nitrogens with zero attached hydrogens (tertiary/aromatic N) is 1. The minimum atomic E-state index is -4.18. The molecule has 0 fully saturated rings. The molecule has 1 aromatic carbocycles. The number of anilines is 1. The Labute approximate surface area is 170 Å². The van der Waals surface area contributed by atoms with Crippen LogP contribution in [-0.4, -0.2) is 35.3 Å². The number of amides is 2. The minimum Gasteiger partial charge on any atom is -0.342 e. The molecule has 0 saturated heterocycles. The number of carbonyl (C=O) groups is 2. The molecule has 28 heavy (non-hydrogen) atoms. The Balaban J connectivity index is 1.54. The van der Waals surface area contributed by atoms with Gasteiger partial charge in [0.25, 0.3) is 5.91 Å². The topological polar surface area (TPSA) is 71.1 Å².